The Hall–Kier alpha value is -2.99. The number of thiazole rings is 1. The van der Waals surface area contributed by atoms with Gasteiger partial charge in [-0.05, 0) is 48.7 Å². The Morgan fingerprint density at radius 3 is 2.74 bits per heavy atom. The van der Waals surface area contributed by atoms with Crippen molar-refractivity contribution >= 4 is 50.3 Å². The fourth-order valence-corrected chi connectivity index (χ4v) is 4.09. The number of hydrogen-bond acceptors (Lipinski definition) is 4. The van der Waals surface area contributed by atoms with Gasteiger partial charge >= 0.3 is 0 Å². The lowest BCUT2D eigenvalue weighted by Gasteiger charge is -2.15. The minimum Gasteiger partial charge on any atom is -0.312 e. The Labute approximate surface area is 161 Å². The predicted molar refractivity (Wildman–Crippen MR) is 110 cm³/mol. The molecule has 1 fully saturated rings. The molecule has 4 rings (SSSR count). The molecule has 5 nitrogen and oxygen atoms in total. The van der Waals surface area contributed by atoms with E-state index >= 15 is 0 Å². The highest BCUT2D eigenvalue weighted by Crippen LogP contribution is 2.28. The van der Waals surface area contributed by atoms with E-state index in [1.54, 1.807) is 11.0 Å². The molecule has 27 heavy (non-hydrogen) atoms. The van der Waals surface area contributed by atoms with E-state index in [0.717, 1.165) is 40.0 Å². The second-order valence-electron chi connectivity index (χ2n) is 6.50. The van der Waals surface area contributed by atoms with Crippen LogP contribution in [0.4, 0.5) is 10.8 Å². The number of fused-ring (bicyclic) bond motifs is 1. The summed E-state index contributed by atoms with van der Waals surface area (Å²) in [4.78, 5) is 30.3. The summed E-state index contributed by atoms with van der Waals surface area (Å²) < 4.78 is 1.06. The molecule has 0 saturated carbocycles. The highest BCUT2D eigenvalue weighted by atomic mass is 32.1. The third-order valence-electron chi connectivity index (χ3n) is 4.56. The maximum absolute atomic E-state index is 12.2. The number of carbonyl (C=O) groups is 2. The van der Waals surface area contributed by atoms with Gasteiger partial charge in [0, 0.05) is 24.7 Å². The van der Waals surface area contributed by atoms with E-state index in [1.165, 1.54) is 17.4 Å². The minimum absolute atomic E-state index is 0.170. The average molecular weight is 377 g/mol. The van der Waals surface area contributed by atoms with Gasteiger partial charge in [-0.25, -0.2) is 4.98 Å². The molecule has 1 N–H and O–H groups in total. The van der Waals surface area contributed by atoms with E-state index < -0.39 is 0 Å². The summed E-state index contributed by atoms with van der Waals surface area (Å²) in [6.45, 7) is 2.78. The number of rotatable bonds is 4. The molecule has 0 bridgehead atoms. The zero-order chi connectivity index (χ0) is 18.8. The van der Waals surface area contributed by atoms with E-state index in [1.807, 2.05) is 49.4 Å². The summed E-state index contributed by atoms with van der Waals surface area (Å²) >= 11 is 1.46. The van der Waals surface area contributed by atoms with Gasteiger partial charge in [-0.1, -0.05) is 35.6 Å². The summed E-state index contributed by atoms with van der Waals surface area (Å²) in [5, 5.41) is 3.41. The zero-order valence-corrected chi connectivity index (χ0v) is 15.8. The van der Waals surface area contributed by atoms with Crippen molar-refractivity contribution in [3.05, 3.63) is 59.7 Å². The Balaban J connectivity index is 1.42. The normalized spacial score (nSPS) is 14.4. The summed E-state index contributed by atoms with van der Waals surface area (Å²) in [7, 11) is 0. The van der Waals surface area contributed by atoms with Gasteiger partial charge in [0.05, 0.1) is 10.2 Å². The van der Waals surface area contributed by atoms with E-state index in [4.69, 9.17) is 0 Å². The first kappa shape index (κ1) is 17.4. The van der Waals surface area contributed by atoms with Gasteiger partial charge in [0.2, 0.25) is 11.8 Å². The Kier molecular flexibility index (Phi) is 4.73. The molecule has 0 unspecified atom stereocenters. The highest BCUT2D eigenvalue weighted by molar-refractivity contribution is 7.22. The molecule has 0 aliphatic carbocycles. The number of aromatic nitrogens is 1. The van der Waals surface area contributed by atoms with Gasteiger partial charge in [0.15, 0.2) is 5.13 Å². The van der Waals surface area contributed by atoms with Crippen LogP contribution in [0, 0.1) is 6.92 Å². The molecule has 6 heteroatoms. The van der Waals surface area contributed by atoms with Crippen molar-refractivity contribution in [2.45, 2.75) is 19.8 Å². The molecule has 1 aliphatic heterocycles. The smallest absolute Gasteiger partial charge is 0.250 e. The third-order valence-corrected chi connectivity index (χ3v) is 5.49. The van der Waals surface area contributed by atoms with E-state index in [0.29, 0.717) is 11.6 Å². The molecular weight excluding hydrogens is 358 g/mol. The summed E-state index contributed by atoms with van der Waals surface area (Å²) in [5.74, 6) is -0.0470. The summed E-state index contributed by atoms with van der Waals surface area (Å²) in [6.07, 6.45) is 4.78. The first-order valence-electron chi connectivity index (χ1n) is 8.86. The molecular formula is C21H19N3O2S. The first-order chi connectivity index (χ1) is 13.1. The second kappa shape index (κ2) is 7.32. The van der Waals surface area contributed by atoms with Gasteiger partial charge in [0.1, 0.15) is 0 Å². The molecule has 1 aromatic heterocycles. The van der Waals surface area contributed by atoms with Crippen LogP contribution in [0.25, 0.3) is 16.3 Å². The van der Waals surface area contributed by atoms with Crippen molar-refractivity contribution < 1.29 is 9.59 Å². The van der Waals surface area contributed by atoms with Crippen molar-refractivity contribution in [1.82, 2.24) is 4.98 Å². The van der Waals surface area contributed by atoms with Crippen molar-refractivity contribution in [2.24, 2.45) is 0 Å². The van der Waals surface area contributed by atoms with Gasteiger partial charge < -0.3 is 4.90 Å². The number of carbonyl (C=O) groups excluding carboxylic acids is 2. The Morgan fingerprint density at radius 1 is 1.22 bits per heavy atom. The quantitative estimate of drug-likeness (QED) is 0.686. The van der Waals surface area contributed by atoms with Gasteiger partial charge in [-0.3, -0.25) is 14.9 Å². The number of amides is 2. The number of aryl methyl sites for hydroxylation is 1. The third kappa shape index (κ3) is 3.75. The molecule has 2 aromatic carbocycles. The second-order valence-corrected chi connectivity index (χ2v) is 7.53. The molecule has 136 valence electrons. The number of anilines is 2. The molecule has 2 amide bonds. The van der Waals surface area contributed by atoms with Crippen molar-refractivity contribution in [2.75, 3.05) is 16.8 Å². The van der Waals surface area contributed by atoms with Crippen LogP contribution in [0.5, 0.6) is 0 Å². The summed E-state index contributed by atoms with van der Waals surface area (Å²) in [5.41, 5.74) is 3.83. The number of para-hydroxylation sites is 1. The minimum atomic E-state index is -0.217. The molecule has 2 heterocycles. The van der Waals surface area contributed by atoms with Crippen molar-refractivity contribution in [3.63, 3.8) is 0 Å². The van der Waals surface area contributed by atoms with Crippen molar-refractivity contribution in [1.29, 1.82) is 0 Å². The van der Waals surface area contributed by atoms with E-state index in [9.17, 15) is 9.59 Å². The van der Waals surface area contributed by atoms with Gasteiger partial charge in [-0.2, -0.15) is 0 Å². The Bertz CT molecular complexity index is 1040. The number of benzene rings is 2. The maximum Gasteiger partial charge on any atom is 0.250 e. The molecule has 0 radical (unpaired) electrons. The van der Waals surface area contributed by atoms with Crippen LogP contribution >= 0.6 is 11.3 Å². The van der Waals surface area contributed by atoms with Crippen LogP contribution in [0.2, 0.25) is 0 Å². The monoisotopic (exact) mass is 377 g/mol. The molecule has 0 atom stereocenters. The lowest BCUT2D eigenvalue weighted by atomic mass is 10.2. The standard InChI is InChI=1S/C21H19N3O2S/c1-14-4-2-5-17-20(14)23-21(27-17)22-18(25)12-9-15-7-10-16(11-8-15)24-13-3-6-19(24)26/h2,4-5,7-12H,3,6,13H2,1H3,(H,22,23,25)/b12-9+. The van der Waals surface area contributed by atoms with Crippen molar-refractivity contribution in [3.8, 4) is 0 Å². The maximum atomic E-state index is 12.2. The Morgan fingerprint density at radius 2 is 2.04 bits per heavy atom. The fraction of sp³-hybridized carbons (Fsp3) is 0.190. The largest absolute Gasteiger partial charge is 0.312 e. The molecule has 0 spiro atoms. The predicted octanol–water partition coefficient (Wildman–Crippen LogP) is 4.38. The zero-order valence-electron chi connectivity index (χ0n) is 14.9. The summed E-state index contributed by atoms with van der Waals surface area (Å²) in [6, 6.07) is 13.6. The van der Waals surface area contributed by atoms with Crippen LogP contribution in [0.1, 0.15) is 24.0 Å². The van der Waals surface area contributed by atoms with Crippen LogP contribution in [0.3, 0.4) is 0 Å². The van der Waals surface area contributed by atoms with Crippen LogP contribution in [-0.4, -0.2) is 23.3 Å². The van der Waals surface area contributed by atoms with E-state index in [2.05, 4.69) is 10.3 Å². The van der Waals surface area contributed by atoms with Gasteiger partial charge in [-0.15, -0.1) is 0 Å². The van der Waals surface area contributed by atoms with Crippen LogP contribution in [0.15, 0.2) is 48.5 Å². The fourth-order valence-electron chi connectivity index (χ4n) is 3.15. The topological polar surface area (TPSA) is 62.3 Å². The highest BCUT2D eigenvalue weighted by Gasteiger charge is 2.21. The lowest BCUT2D eigenvalue weighted by Crippen LogP contribution is -2.23. The first-order valence-corrected chi connectivity index (χ1v) is 9.67. The number of nitrogens with zero attached hydrogens (tertiary/aromatic N) is 2. The van der Waals surface area contributed by atoms with Crippen LogP contribution in [-0.2, 0) is 9.59 Å². The number of nitrogens with one attached hydrogen (secondary N) is 1. The average Bonchev–Trinajstić information content (AvgIpc) is 3.27. The molecule has 3 aromatic rings. The van der Waals surface area contributed by atoms with Crippen LogP contribution < -0.4 is 10.2 Å². The molecule has 1 saturated heterocycles. The molecule has 1 aliphatic rings. The number of hydrogen-bond donors (Lipinski definition) is 1. The SMILES string of the molecule is Cc1cccc2sc(NC(=O)/C=C/c3ccc(N4CCCC4=O)cc3)nc12. The van der Waals surface area contributed by atoms with E-state index in [-0.39, 0.29) is 11.8 Å². The van der Waals surface area contributed by atoms with Gasteiger partial charge in [0.25, 0.3) is 0 Å². The lowest BCUT2D eigenvalue weighted by molar-refractivity contribution is -0.117.